The lowest BCUT2D eigenvalue weighted by atomic mass is 10.1. The molecule has 20 heavy (non-hydrogen) atoms. The Bertz CT molecular complexity index is 653. The van der Waals surface area contributed by atoms with Gasteiger partial charge in [0.1, 0.15) is 5.82 Å². The van der Waals surface area contributed by atoms with Gasteiger partial charge >= 0.3 is 0 Å². The maximum atomic E-state index is 5.54. The fourth-order valence-electron chi connectivity index (χ4n) is 2.18. The monoisotopic (exact) mass is 266 g/mol. The Kier molecular flexibility index (Phi) is 3.79. The van der Waals surface area contributed by atoms with E-state index in [-0.39, 0.29) is 0 Å². The highest BCUT2D eigenvalue weighted by molar-refractivity contribution is 5.79. The molecule has 2 aromatic carbocycles. The predicted octanol–water partition coefficient (Wildman–Crippen LogP) is 4.16. The van der Waals surface area contributed by atoms with Crippen molar-refractivity contribution in [1.82, 2.24) is 9.97 Å². The van der Waals surface area contributed by atoms with Crippen LogP contribution < -0.4 is 0 Å². The van der Waals surface area contributed by atoms with Crippen LogP contribution in [-0.4, -0.2) is 16.6 Å². The van der Waals surface area contributed by atoms with Crippen LogP contribution in [-0.2, 0) is 11.3 Å². The Balaban J connectivity index is 1.79. The Morgan fingerprint density at radius 3 is 2.60 bits per heavy atom. The molecule has 0 amide bonds. The molecule has 0 spiro atoms. The number of H-pyrrole nitrogens is 1. The fourth-order valence-corrected chi connectivity index (χ4v) is 2.18. The first-order valence-electron chi connectivity index (χ1n) is 6.98. The van der Waals surface area contributed by atoms with Crippen LogP contribution in [0.1, 0.15) is 18.9 Å². The van der Waals surface area contributed by atoms with E-state index < -0.39 is 0 Å². The molecule has 0 saturated heterocycles. The van der Waals surface area contributed by atoms with Crippen molar-refractivity contribution in [3.8, 4) is 11.4 Å². The predicted molar refractivity (Wildman–Crippen MR) is 81.5 cm³/mol. The smallest absolute Gasteiger partial charge is 0.138 e. The summed E-state index contributed by atoms with van der Waals surface area (Å²) >= 11 is 0. The molecule has 3 nitrogen and oxygen atoms in total. The number of ether oxygens (including phenoxy) is 1. The molecule has 0 unspecified atom stereocenters. The number of nitrogens with one attached hydrogen (secondary N) is 1. The number of aromatic nitrogens is 2. The number of fused-ring (bicyclic) bond motifs is 1. The first kappa shape index (κ1) is 12.9. The van der Waals surface area contributed by atoms with Gasteiger partial charge in [0.15, 0.2) is 0 Å². The van der Waals surface area contributed by atoms with Gasteiger partial charge in [-0.05, 0) is 24.1 Å². The van der Waals surface area contributed by atoms with Crippen molar-refractivity contribution in [2.45, 2.75) is 20.0 Å². The lowest BCUT2D eigenvalue weighted by Gasteiger charge is -2.03. The molecule has 0 aliphatic rings. The Hall–Kier alpha value is -2.13. The number of hydrogen-bond acceptors (Lipinski definition) is 2. The largest absolute Gasteiger partial charge is 0.377 e. The normalized spacial score (nSPS) is 11.1. The lowest BCUT2D eigenvalue weighted by molar-refractivity contribution is 0.121. The van der Waals surface area contributed by atoms with E-state index in [2.05, 4.69) is 41.2 Å². The lowest BCUT2D eigenvalue weighted by Crippen LogP contribution is -1.93. The molecule has 3 rings (SSSR count). The van der Waals surface area contributed by atoms with Crippen LogP contribution in [0.5, 0.6) is 0 Å². The minimum absolute atomic E-state index is 0.675. The second-order valence-corrected chi connectivity index (χ2v) is 4.85. The van der Waals surface area contributed by atoms with Crippen LogP contribution in [0.4, 0.5) is 0 Å². The van der Waals surface area contributed by atoms with Gasteiger partial charge in [0.05, 0.1) is 17.6 Å². The standard InChI is InChI=1S/C17H18N2O/c1-2-11-20-12-13-7-9-14(10-8-13)17-18-15-5-3-4-6-16(15)19-17/h3-10H,2,11-12H2,1H3,(H,18,19). The van der Waals surface area contributed by atoms with Crippen LogP contribution >= 0.6 is 0 Å². The van der Waals surface area contributed by atoms with Crippen molar-refractivity contribution in [3.63, 3.8) is 0 Å². The van der Waals surface area contributed by atoms with E-state index in [0.29, 0.717) is 6.61 Å². The maximum Gasteiger partial charge on any atom is 0.138 e. The summed E-state index contributed by atoms with van der Waals surface area (Å²) in [6.07, 6.45) is 1.05. The molecule has 0 atom stereocenters. The van der Waals surface area contributed by atoms with Gasteiger partial charge in [0.25, 0.3) is 0 Å². The number of benzene rings is 2. The van der Waals surface area contributed by atoms with Crippen molar-refractivity contribution in [2.75, 3.05) is 6.61 Å². The minimum atomic E-state index is 0.675. The van der Waals surface area contributed by atoms with Crippen LogP contribution in [0.2, 0.25) is 0 Å². The zero-order valence-corrected chi connectivity index (χ0v) is 11.6. The average molecular weight is 266 g/mol. The van der Waals surface area contributed by atoms with Crippen molar-refractivity contribution in [1.29, 1.82) is 0 Å². The Labute approximate surface area is 118 Å². The van der Waals surface area contributed by atoms with Gasteiger partial charge in [-0.2, -0.15) is 0 Å². The second kappa shape index (κ2) is 5.88. The van der Waals surface area contributed by atoms with Crippen molar-refractivity contribution in [2.24, 2.45) is 0 Å². The number of rotatable bonds is 5. The van der Waals surface area contributed by atoms with Crippen LogP contribution in [0.25, 0.3) is 22.4 Å². The van der Waals surface area contributed by atoms with E-state index in [9.17, 15) is 0 Å². The molecule has 3 heteroatoms. The van der Waals surface area contributed by atoms with Gasteiger partial charge in [0.2, 0.25) is 0 Å². The van der Waals surface area contributed by atoms with Gasteiger partial charge < -0.3 is 9.72 Å². The Morgan fingerprint density at radius 1 is 1.05 bits per heavy atom. The van der Waals surface area contributed by atoms with Crippen molar-refractivity contribution in [3.05, 3.63) is 54.1 Å². The average Bonchev–Trinajstić information content (AvgIpc) is 2.92. The molecule has 3 aromatic rings. The first-order chi connectivity index (χ1) is 9.86. The summed E-state index contributed by atoms with van der Waals surface area (Å²) in [4.78, 5) is 7.94. The van der Waals surface area contributed by atoms with Gasteiger partial charge in [-0.3, -0.25) is 0 Å². The molecule has 102 valence electrons. The van der Waals surface area contributed by atoms with Crippen molar-refractivity contribution >= 4 is 11.0 Å². The minimum Gasteiger partial charge on any atom is -0.377 e. The topological polar surface area (TPSA) is 37.9 Å². The van der Waals surface area contributed by atoms with Crippen molar-refractivity contribution < 1.29 is 4.74 Å². The summed E-state index contributed by atoms with van der Waals surface area (Å²) in [5, 5.41) is 0. The van der Waals surface area contributed by atoms with E-state index in [1.165, 1.54) is 5.56 Å². The second-order valence-electron chi connectivity index (χ2n) is 4.85. The molecule has 0 bridgehead atoms. The maximum absolute atomic E-state index is 5.54. The van der Waals surface area contributed by atoms with E-state index in [0.717, 1.165) is 35.4 Å². The van der Waals surface area contributed by atoms with E-state index in [1.807, 2.05) is 24.3 Å². The summed E-state index contributed by atoms with van der Waals surface area (Å²) in [6, 6.07) is 16.4. The highest BCUT2D eigenvalue weighted by atomic mass is 16.5. The van der Waals surface area contributed by atoms with E-state index in [1.54, 1.807) is 0 Å². The molecule has 0 aliphatic carbocycles. The van der Waals surface area contributed by atoms with E-state index in [4.69, 9.17) is 4.74 Å². The summed E-state index contributed by atoms with van der Waals surface area (Å²) in [7, 11) is 0. The third-order valence-corrected chi connectivity index (χ3v) is 3.23. The molecule has 0 aliphatic heterocycles. The van der Waals surface area contributed by atoms with Gasteiger partial charge in [-0.25, -0.2) is 4.98 Å². The summed E-state index contributed by atoms with van der Waals surface area (Å²) < 4.78 is 5.54. The van der Waals surface area contributed by atoms with Gasteiger partial charge in [-0.15, -0.1) is 0 Å². The number of nitrogens with zero attached hydrogens (tertiary/aromatic N) is 1. The van der Waals surface area contributed by atoms with Gasteiger partial charge in [-0.1, -0.05) is 43.3 Å². The third kappa shape index (κ3) is 2.73. The zero-order chi connectivity index (χ0) is 13.8. The highest BCUT2D eigenvalue weighted by Crippen LogP contribution is 2.20. The van der Waals surface area contributed by atoms with Crippen LogP contribution in [0, 0.1) is 0 Å². The number of para-hydroxylation sites is 2. The molecular formula is C17H18N2O. The third-order valence-electron chi connectivity index (χ3n) is 3.23. The first-order valence-corrected chi connectivity index (χ1v) is 6.98. The molecule has 0 fully saturated rings. The number of imidazole rings is 1. The molecule has 0 saturated carbocycles. The zero-order valence-electron chi connectivity index (χ0n) is 11.6. The molecular weight excluding hydrogens is 248 g/mol. The highest BCUT2D eigenvalue weighted by Gasteiger charge is 2.04. The number of hydrogen-bond donors (Lipinski definition) is 1. The van der Waals surface area contributed by atoms with Crippen LogP contribution in [0.3, 0.4) is 0 Å². The fraction of sp³-hybridized carbons (Fsp3) is 0.235. The molecule has 0 radical (unpaired) electrons. The van der Waals surface area contributed by atoms with Gasteiger partial charge in [0, 0.05) is 12.2 Å². The quantitative estimate of drug-likeness (QED) is 0.704. The summed E-state index contributed by atoms with van der Waals surface area (Å²) in [5.41, 5.74) is 4.36. The Morgan fingerprint density at radius 2 is 1.85 bits per heavy atom. The molecule has 1 aromatic heterocycles. The number of aromatic amines is 1. The summed E-state index contributed by atoms with van der Waals surface area (Å²) in [5.74, 6) is 0.909. The van der Waals surface area contributed by atoms with Crippen LogP contribution in [0.15, 0.2) is 48.5 Å². The summed E-state index contributed by atoms with van der Waals surface area (Å²) in [6.45, 7) is 3.60. The molecule has 1 N–H and O–H groups in total. The van der Waals surface area contributed by atoms with E-state index >= 15 is 0 Å². The molecule has 1 heterocycles. The SMILES string of the molecule is CCCOCc1ccc(-c2nc3ccccc3[nH]2)cc1.